The van der Waals surface area contributed by atoms with Gasteiger partial charge in [-0.3, -0.25) is 14.4 Å². The lowest BCUT2D eigenvalue weighted by molar-refractivity contribution is -0.147. The summed E-state index contributed by atoms with van der Waals surface area (Å²) in [7, 11) is 0. The second kappa shape index (κ2) is 9.00. The maximum absolute atomic E-state index is 12.8. The van der Waals surface area contributed by atoms with Crippen LogP contribution < -0.4 is 5.32 Å². The Morgan fingerprint density at radius 3 is 2.83 bits per heavy atom. The van der Waals surface area contributed by atoms with Gasteiger partial charge in [0.2, 0.25) is 5.91 Å². The first-order valence-electron chi connectivity index (χ1n) is 8.03. The molecule has 1 atom stereocenters. The lowest BCUT2D eigenvalue weighted by Gasteiger charge is -2.34. The van der Waals surface area contributed by atoms with Crippen molar-refractivity contribution < 1.29 is 19.1 Å². The molecule has 0 bridgehead atoms. The maximum atomic E-state index is 12.8. The van der Waals surface area contributed by atoms with Crippen LogP contribution in [0.25, 0.3) is 0 Å². The average Bonchev–Trinajstić information content (AvgIpc) is 2.57. The van der Waals surface area contributed by atoms with Gasteiger partial charge in [-0.25, -0.2) is 0 Å². The number of piperazine rings is 1. The highest BCUT2D eigenvalue weighted by molar-refractivity contribution is 14.1. The highest BCUT2D eigenvalue weighted by atomic mass is 127. The van der Waals surface area contributed by atoms with Crippen LogP contribution in [0, 0.1) is 3.57 Å². The fourth-order valence-electron chi connectivity index (χ4n) is 2.50. The number of nitrogens with one attached hydrogen (secondary N) is 1. The lowest BCUT2D eigenvalue weighted by atomic mass is 10.1. The zero-order valence-electron chi connectivity index (χ0n) is 13.6. The first-order chi connectivity index (χ1) is 11.5. The summed E-state index contributed by atoms with van der Waals surface area (Å²) in [6.07, 6.45) is 1.59. The summed E-state index contributed by atoms with van der Waals surface area (Å²) in [5.41, 5.74) is 0.539. The van der Waals surface area contributed by atoms with E-state index in [1.54, 1.807) is 12.1 Å². The van der Waals surface area contributed by atoms with Crippen LogP contribution >= 0.6 is 22.6 Å². The summed E-state index contributed by atoms with van der Waals surface area (Å²) < 4.78 is 5.95. The van der Waals surface area contributed by atoms with E-state index in [9.17, 15) is 14.4 Å². The van der Waals surface area contributed by atoms with E-state index in [0.717, 1.165) is 16.4 Å². The molecule has 7 heteroatoms. The molecule has 1 N–H and O–H groups in total. The summed E-state index contributed by atoms with van der Waals surface area (Å²) >= 11 is 2.09. The van der Waals surface area contributed by atoms with Crippen LogP contribution in [0.5, 0.6) is 0 Å². The van der Waals surface area contributed by atoms with Crippen LogP contribution in [0.2, 0.25) is 0 Å². The van der Waals surface area contributed by atoms with Crippen molar-refractivity contribution in [2.45, 2.75) is 32.2 Å². The molecule has 6 nitrogen and oxygen atoms in total. The topological polar surface area (TPSA) is 75.7 Å². The molecule has 2 amide bonds. The molecule has 1 heterocycles. The largest absolute Gasteiger partial charge is 0.466 e. The van der Waals surface area contributed by atoms with Gasteiger partial charge in [-0.15, -0.1) is 0 Å². The van der Waals surface area contributed by atoms with Crippen LogP contribution in [-0.2, 0) is 14.3 Å². The Morgan fingerprint density at radius 1 is 1.38 bits per heavy atom. The Morgan fingerprint density at radius 2 is 2.12 bits per heavy atom. The fraction of sp³-hybridized carbons (Fsp3) is 0.471. The molecular formula is C17H21IN2O4. The van der Waals surface area contributed by atoms with Gasteiger partial charge in [0.1, 0.15) is 6.04 Å². The Bertz CT molecular complexity index is 620. The number of esters is 1. The van der Waals surface area contributed by atoms with E-state index in [1.807, 2.05) is 19.1 Å². The van der Waals surface area contributed by atoms with Crippen LogP contribution in [-0.4, -0.2) is 48.4 Å². The van der Waals surface area contributed by atoms with Crippen LogP contribution in [0.1, 0.15) is 36.5 Å². The summed E-state index contributed by atoms with van der Waals surface area (Å²) in [5.74, 6) is -1.000. The van der Waals surface area contributed by atoms with Gasteiger partial charge in [0.25, 0.3) is 5.91 Å². The molecule has 1 aliphatic heterocycles. The van der Waals surface area contributed by atoms with Crippen molar-refractivity contribution in [3.05, 3.63) is 33.4 Å². The molecule has 0 spiro atoms. The molecule has 130 valence electrons. The molecule has 1 aromatic rings. The predicted octanol–water partition coefficient (Wildman–Crippen LogP) is 1.97. The molecule has 0 saturated carbocycles. The van der Waals surface area contributed by atoms with E-state index in [1.165, 1.54) is 4.90 Å². The third-order valence-electron chi connectivity index (χ3n) is 3.82. The fourth-order valence-corrected chi connectivity index (χ4v) is 3.12. The average molecular weight is 444 g/mol. The molecule has 0 radical (unpaired) electrons. The Kier molecular flexibility index (Phi) is 7.01. The van der Waals surface area contributed by atoms with E-state index >= 15 is 0 Å². The summed E-state index contributed by atoms with van der Waals surface area (Å²) in [5, 5.41) is 2.71. The van der Waals surface area contributed by atoms with E-state index in [2.05, 4.69) is 27.9 Å². The van der Waals surface area contributed by atoms with Crippen LogP contribution in [0.4, 0.5) is 0 Å². The normalized spacial score (nSPS) is 17.3. The second-order valence-electron chi connectivity index (χ2n) is 5.56. The van der Waals surface area contributed by atoms with Crippen molar-refractivity contribution in [1.29, 1.82) is 0 Å². The van der Waals surface area contributed by atoms with Gasteiger partial charge in [0.05, 0.1) is 18.6 Å². The zero-order valence-corrected chi connectivity index (χ0v) is 15.7. The first-order valence-corrected chi connectivity index (χ1v) is 9.11. The van der Waals surface area contributed by atoms with Crippen LogP contribution in [0.3, 0.4) is 0 Å². The second-order valence-corrected chi connectivity index (χ2v) is 6.73. The molecule has 0 aliphatic carbocycles. The molecule has 24 heavy (non-hydrogen) atoms. The van der Waals surface area contributed by atoms with E-state index in [0.29, 0.717) is 25.3 Å². The summed E-state index contributed by atoms with van der Waals surface area (Å²) in [6, 6.07) is 6.38. The van der Waals surface area contributed by atoms with Crippen molar-refractivity contribution >= 4 is 40.4 Å². The molecule has 1 aliphatic rings. The number of nitrogens with zero attached hydrogens (tertiary/aromatic N) is 1. The third-order valence-corrected chi connectivity index (χ3v) is 4.76. The molecule has 1 aromatic carbocycles. The number of carbonyl (C=O) groups excluding carboxylic acids is 3. The van der Waals surface area contributed by atoms with Gasteiger partial charge in [0, 0.05) is 16.7 Å². The van der Waals surface area contributed by atoms with Gasteiger partial charge in [0.15, 0.2) is 0 Å². The number of unbranched alkanes of at least 4 members (excludes halogenated alkanes) is 1. The maximum Gasteiger partial charge on any atom is 0.308 e. The third kappa shape index (κ3) is 4.68. The monoisotopic (exact) mass is 444 g/mol. The number of halogens is 1. The molecule has 0 aromatic heterocycles. The SMILES string of the molecule is CCCCOC(=O)CC1C(=O)NCCN1C(=O)c1ccccc1I. The van der Waals surface area contributed by atoms with Crippen LogP contribution in [0.15, 0.2) is 24.3 Å². The van der Waals surface area contributed by atoms with Gasteiger partial charge >= 0.3 is 5.97 Å². The zero-order chi connectivity index (χ0) is 17.5. The van der Waals surface area contributed by atoms with E-state index in [-0.39, 0.29) is 18.2 Å². The minimum atomic E-state index is -0.823. The molecule has 1 saturated heterocycles. The van der Waals surface area contributed by atoms with Gasteiger partial charge in [-0.1, -0.05) is 25.5 Å². The van der Waals surface area contributed by atoms with Crippen molar-refractivity contribution in [2.24, 2.45) is 0 Å². The standard InChI is InChI=1S/C17H21IN2O4/c1-2-3-10-24-15(21)11-14-16(22)19-8-9-20(14)17(23)12-6-4-5-7-13(12)18/h4-7,14H,2-3,8-11H2,1H3,(H,19,22). The van der Waals surface area contributed by atoms with Crippen molar-refractivity contribution in [1.82, 2.24) is 10.2 Å². The van der Waals surface area contributed by atoms with Crippen molar-refractivity contribution in [3.8, 4) is 0 Å². The number of hydrogen-bond donors (Lipinski definition) is 1. The quantitative estimate of drug-likeness (QED) is 0.414. The first kappa shape index (κ1) is 18.7. The smallest absolute Gasteiger partial charge is 0.308 e. The minimum absolute atomic E-state index is 0.120. The number of ether oxygens (including phenoxy) is 1. The van der Waals surface area contributed by atoms with E-state index < -0.39 is 12.0 Å². The van der Waals surface area contributed by atoms with Gasteiger partial charge in [-0.2, -0.15) is 0 Å². The molecule has 2 rings (SSSR count). The summed E-state index contributed by atoms with van der Waals surface area (Å²) in [6.45, 7) is 3.11. The Hall–Kier alpha value is -1.64. The van der Waals surface area contributed by atoms with Gasteiger partial charge < -0.3 is 15.0 Å². The van der Waals surface area contributed by atoms with Gasteiger partial charge in [-0.05, 0) is 41.1 Å². The molecule has 1 fully saturated rings. The minimum Gasteiger partial charge on any atom is -0.466 e. The molecule has 1 unspecified atom stereocenters. The summed E-state index contributed by atoms with van der Waals surface area (Å²) in [4.78, 5) is 38.4. The highest BCUT2D eigenvalue weighted by Crippen LogP contribution is 2.18. The molecular weight excluding hydrogens is 423 g/mol. The number of benzene rings is 1. The van der Waals surface area contributed by atoms with Crippen molar-refractivity contribution in [2.75, 3.05) is 19.7 Å². The van der Waals surface area contributed by atoms with Crippen molar-refractivity contribution in [3.63, 3.8) is 0 Å². The predicted molar refractivity (Wildman–Crippen MR) is 97.5 cm³/mol. The highest BCUT2D eigenvalue weighted by Gasteiger charge is 2.36. The Balaban J connectivity index is 2.11. The number of amides is 2. The van der Waals surface area contributed by atoms with E-state index in [4.69, 9.17) is 4.74 Å². The lowest BCUT2D eigenvalue weighted by Crippen LogP contribution is -2.58. The Labute approximate surface area is 155 Å². The number of rotatable bonds is 6. The number of carbonyl (C=O) groups is 3. The number of hydrogen-bond acceptors (Lipinski definition) is 4.